The van der Waals surface area contributed by atoms with Crippen molar-refractivity contribution in [3.05, 3.63) is 70.7 Å². The quantitative estimate of drug-likeness (QED) is 0.197. The predicted molar refractivity (Wildman–Crippen MR) is 170 cm³/mol. The fourth-order valence-electron chi connectivity index (χ4n) is 6.19. The fourth-order valence-corrected chi connectivity index (χ4v) is 6.39. The van der Waals surface area contributed by atoms with Crippen LogP contribution in [0, 0.1) is 11.3 Å². The number of hydrogen-bond donors (Lipinski definition) is 4. The SMILES string of the molecule is CCNC(=O)C(=O)[C@H](C[C@@H]1CCNC1=O)NC(=O)[C@@H](CC1(CC)CCC1)NC(=O)O[C@H](c1ccccc1)C(F)(F)c1cccc(Cl)c1. The van der Waals surface area contributed by atoms with E-state index < -0.39 is 59.3 Å². The van der Waals surface area contributed by atoms with Crippen LogP contribution in [-0.4, -0.2) is 54.8 Å². The summed E-state index contributed by atoms with van der Waals surface area (Å²) in [7, 11) is 0. The monoisotopic (exact) mass is 674 g/mol. The highest BCUT2D eigenvalue weighted by Gasteiger charge is 2.47. The molecule has 4 amide bonds. The Hall–Kier alpha value is -4.06. The fraction of sp³-hybridized carbons (Fsp3) is 0.500. The summed E-state index contributed by atoms with van der Waals surface area (Å²) in [5.74, 6) is -7.26. The number of nitrogens with one attached hydrogen (secondary N) is 4. The zero-order valence-electron chi connectivity index (χ0n) is 26.5. The number of ether oxygens (including phenoxy) is 1. The van der Waals surface area contributed by atoms with E-state index in [1.807, 2.05) is 6.92 Å². The molecule has 2 aromatic carbocycles. The van der Waals surface area contributed by atoms with E-state index >= 15 is 8.78 Å². The molecule has 0 radical (unpaired) electrons. The number of benzene rings is 2. The first-order chi connectivity index (χ1) is 22.4. The minimum Gasteiger partial charge on any atom is -0.434 e. The Bertz CT molecular complexity index is 1450. The van der Waals surface area contributed by atoms with Gasteiger partial charge in [0.1, 0.15) is 6.04 Å². The van der Waals surface area contributed by atoms with Gasteiger partial charge in [0, 0.05) is 29.6 Å². The van der Waals surface area contributed by atoms with Crippen molar-refractivity contribution in [2.45, 2.75) is 82.9 Å². The molecule has 0 bridgehead atoms. The second-order valence-electron chi connectivity index (χ2n) is 12.2. The van der Waals surface area contributed by atoms with Gasteiger partial charge in [-0.1, -0.05) is 73.8 Å². The molecule has 4 atom stereocenters. The summed E-state index contributed by atoms with van der Waals surface area (Å²) in [5.41, 5.74) is -0.758. The Morgan fingerprint density at radius 1 is 1.04 bits per heavy atom. The number of Topliss-reactive ketones (excluding diaryl/α,β-unsaturated/α-hetero) is 1. The van der Waals surface area contributed by atoms with Gasteiger partial charge in [0.05, 0.1) is 6.04 Å². The molecule has 1 heterocycles. The van der Waals surface area contributed by atoms with Crippen molar-refractivity contribution >= 4 is 41.2 Å². The maximum Gasteiger partial charge on any atom is 0.408 e. The summed E-state index contributed by atoms with van der Waals surface area (Å²) in [6.07, 6.45) is 0.279. The van der Waals surface area contributed by atoms with Crippen LogP contribution >= 0.6 is 11.6 Å². The van der Waals surface area contributed by atoms with Crippen molar-refractivity contribution in [2.24, 2.45) is 11.3 Å². The highest BCUT2D eigenvalue weighted by atomic mass is 35.5. The molecule has 2 fully saturated rings. The van der Waals surface area contributed by atoms with E-state index in [2.05, 4.69) is 21.3 Å². The van der Waals surface area contributed by atoms with Crippen LogP contribution in [0.15, 0.2) is 54.6 Å². The molecular weight excluding hydrogens is 634 g/mol. The van der Waals surface area contributed by atoms with Crippen LogP contribution in [0.1, 0.15) is 76.0 Å². The first-order valence-electron chi connectivity index (χ1n) is 15.9. The molecule has 1 saturated heterocycles. The maximum absolute atomic E-state index is 16.0. The molecule has 1 saturated carbocycles. The van der Waals surface area contributed by atoms with Gasteiger partial charge < -0.3 is 26.0 Å². The number of carbonyl (C=O) groups excluding carboxylic acids is 5. The normalized spacial score (nSPS) is 18.9. The smallest absolute Gasteiger partial charge is 0.408 e. The molecule has 0 spiro atoms. The van der Waals surface area contributed by atoms with Gasteiger partial charge in [-0.25, -0.2) is 4.79 Å². The standard InChI is InChI=1S/C34H41ClF2N4O6/c1-3-33(15-9-16-33)20-26(30(44)40-25(27(42)31(45)38-4-2)18-22-14-17-39-29(22)43)41-32(46)47-28(21-10-6-5-7-11-21)34(36,37)23-12-8-13-24(35)19-23/h5-8,10-13,19,22,25-26,28H,3-4,9,14-18,20H2,1-2H3,(H,38,45)(H,39,43)(H,40,44)(H,41,46)/t22-,25-,26+,28+/m0/s1. The van der Waals surface area contributed by atoms with Crippen molar-refractivity contribution < 1.29 is 37.5 Å². The third kappa shape index (κ3) is 8.85. The van der Waals surface area contributed by atoms with Gasteiger partial charge in [-0.05, 0) is 62.1 Å². The summed E-state index contributed by atoms with van der Waals surface area (Å²) in [6.45, 7) is 4.17. The highest BCUT2D eigenvalue weighted by Crippen LogP contribution is 2.48. The number of likely N-dealkylation sites (N-methyl/N-ethyl adjacent to an activating group) is 1. The molecule has 1 aliphatic carbocycles. The largest absolute Gasteiger partial charge is 0.434 e. The molecule has 13 heteroatoms. The zero-order chi connectivity index (χ0) is 34.2. The van der Waals surface area contributed by atoms with E-state index in [0.29, 0.717) is 19.4 Å². The van der Waals surface area contributed by atoms with Gasteiger partial charge >= 0.3 is 12.0 Å². The predicted octanol–water partition coefficient (Wildman–Crippen LogP) is 4.95. The molecule has 47 heavy (non-hydrogen) atoms. The summed E-state index contributed by atoms with van der Waals surface area (Å²) in [4.78, 5) is 65.2. The molecule has 254 valence electrons. The maximum atomic E-state index is 16.0. The summed E-state index contributed by atoms with van der Waals surface area (Å²) >= 11 is 6.00. The minimum absolute atomic E-state index is 0.0140. The molecule has 0 aromatic heterocycles. The van der Waals surface area contributed by atoms with E-state index in [-0.39, 0.29) is 41.3 Å². The number of alkyl carbamates (subject to hydrolysis) is 1. The Balaban J connectivity index is 1.60. The summed E-state index contributed by atoms with van der Waals surface area (Å²) < 4.78 is 37.4. The molecule has 2 aromatic rings. The van der Waals surface area contributed by atoms with E-state index in [1.165, 1.54) is 42.5 Å². The lowest BCUT2D eigenvalue weighted by atomic mass is 9.63. The van der Waals surface area contributed by atoms with E-state index in [4.69, 9.17) is 16.3 Å². The Kier molecular flexibility index (Phi) is 11.9. The number of halogens is 3. The third-order valence-corrected chi connectivity index (χ3v) is 9.39. The van der Waals surface area contributed by atoms with Crippen molar-refractivity contribution in [3.63, 3.8) is 0 Å². The van der Waals surface area contributed by atoms with Gasteiger partial charge in [-0.2, -0.15) is 8.78 Å². The first kappa shape index (κ1) is 35.8. The minimum atomic E-state index is -3.72. The van der Waals surface area contributed by atoms with E-state index in [9.17, 15) is 24.0 Å². The van der Waals surface area contributed by atoms with Crippen molar-refractivity contribution in [3.8, 4) is 0 Å². The Morgan fingerprint density at radius 3 is 2.34 bits per heavy atom. The van der Waals surface area contributed by atoms with Crippen molar-refractivity contribution in [2.75, 3.05) is 13.1 Å². The van der Waals surface area contributed by atoms with Crippen LogP contribution in [0.2, 0.25) is 5.02 Å². The van der Waals surface area contributed by atoms with Crippen LogP contribution in [-0.2, 0) is 29.8 Å². The molecule has 2 aliphatic rings. The molecular formula is C34H41ClF2N4O6. The number of amides is 4. The van der Waals surface area contributed by atoms with Crippen LogP contribution in [0.4, 0.5) is 13.6 Å². The molecule has 4 rings (SSSR count). The molecule has 4 N–H and O–H groups in total. The second kappa shape index (κ2) is 15.7. The molecule has 0 unspecified atom stereocenters. The number of ketones is 1. The van der Waals surface area contributed by atoms with Crippen LogP contribution < -0.4 is 21.3 Å². The second-order valence-corrected chi connectivity index (χ2v) is 12.7. The van der Waals surface area contributed by atoms with Gasteiger partial charge in [-0.3, -0.25) is 19.2 Å². The van der Waals surface area contributed by atoms with Gasteiger partial charge in [0.25, 0.3) is 5.91 Å². The van der Waals surface area contributed by atoms with Crippen LogP contribution in [0.25, 0.3) is 0 Å². The zero-order valence-corrected chi connectivity index (χ0v) is 27.2. The Labute approximate surface area is 277 Å². The van der Waals surface area contributed by atoms with Crippen LogP contribution in [0.3, 0.4) is 0 Å². The van der Waals surface area contributed by atoms with E-state index in [0.717, 1.165) is 25.3 Å². The number of alkyl halides is 2. The van der Waals surface area contributed by atoms with Gasteiger partial charge in [-0.15, -0.1) is 0 Å². The number of hydrogen-bond acceptors (Lipinski definition) is 6. The van der Waals surface area contributed by atoms with Gasteiger partial charge in [0.15, 0.2) is 6.10 Å². The van der Waals surface area contributed by atoms with Crippen molar-refractivity contribution in [1.29, 1.82) is 0 Å². The lowest BCUT2D eigenvalue weighted by molar-refractivity contribution is -0.141. The highest BCUT2D eigenvalue weighted by molar-refractivity contribution is 6.38. The topological polar surface area (TPSA) is 143 Å². The van der Waals surface area contributed by atoms with Gasteiger partial charge in [0.2, 0.25) is 17.6 Å². The number of rotatable bonds is 15. The average Bonchev–Trinajstić information content (AvgIpc) is 3.44. The number of carbonyl (C=O) groups is 5. The lowest BCUT2D eigenvalue weighted by Gasteiger charge is -2.43. The van der Waals surface area contributed by atoms with Crippen LogP contribution in [0.5, 0.6) is 0 Å². The summed E-state index contributed by atoms with van der Waals surface area (Å²) in [5, 5.41) is 10.3. The molecule has 1 aliphatic heterocycles. The Morgan fingerprint density at radius 2 is 1.77 bits per heavy atom. The molecule has 10 nitrogen and oxygen atoms in total. The third-order valence-electron chi connectivity index (χ3n) is 9.15. The average molecular weight is 675 g/mol. The van der Waals surface area contributed by atoms with Crippen molar-refractivity contribution in [1.82, 2.24) is 21.3 Å². The summed E-state index contributed by atoms with van der Waals surface area (Å²) in [6, 6.07) is 9.94. The van der Waals surface area contributed by atoms with E-state index in [1.54, 1.807) is 13.0 Å². The first-order valence-corrected chi connectivity index (χ1v) is 16.3. The lowest BCUT2D eigenvalue weighted by Crippen LogP contribution is -2.56.